The fraction of sp³-hybridized carbons (Fsp3) is 0. The molecule has 0 unspecified atom stereocenters. The quantitative estimate of drug-likeness (QED) is 0.493. The first kappa shape index (κ1) is 16.4. The third-order valence-corrected chi connectivity index (χ3v) is 2.87. The number of hydrogen-bond donors (Lipinski definition) is 1. The van der Waals surface area contributed by atoms with E-state index in [2.05, 4.69) is 0 Å². The Balaban J connectivity index is 2.01. The molecule has 0 aliphatic carbocycles. The Labute approximate surface area is 132 Å². The monoisotopic (exact) mass is 312 g/mol. The van der Waals surface area contributed by atoms with Gasteiger partial charge in [0.2, 0.25) is 0 Å². The van der Waals surface area contributed by atoms with Crippen LogP contribution in [0.4, 0.5) is 8.78 Å². The van der Waals surface area contributed by atoms with Crippen LogP contribution >= 0.6 is 0 Å². The number of hydrogen-bond acceptors (Lipinski definition) is 2. The largest absolute Gasteiger partial charge is 0.508 e. The molecular weight excluding hydrogens is 298 g/mol. The number of halogens is 2. The van der Waals surface area contributed by atoms with Crippen LogP contribution in [0.5, 0.6) is 0 Å². The summed E-state index contributed by atoms with van der Waals surface area (Å²) >= 11 is 0. The fourth-order valence-corrected chi connectivity index (χ4v) is 1.82. The standard InChI is InChI=1S/C19H14F2O2/c20-16-5-1-3-14(11-16)7-9-18(22)13-19(23)10-8-15-4-2-6-17(21)12-15/h1-13,22H. The summed E-state index contributed by atoms with van der Waals surface area (Å²) in [6.07, 6.45) is 6.47. The van der Waals surface area contributed by atoms with Crippen molar-refractivity contribution in [2.45, 2.75) is 0 Å². The van der Waals surface area contributed by atoms with Crippen LogP contribution in [0.25, 0.3) is 12.2 Å². The number of allylic oxidation sites excluding steroid dienone is 3. The lowest BCUT2D eigenvalue weighted by atomic mass is 10.1. The van der Waals surface area contributed by atoms with E-state index in [-0.39, 0.29) is 11.6 Å². The molecule has 0 aliphatic heterocycles. The van der Waals surface area contributed by atoms with E-state index in [0.29, 0.717) is 11.1 Å². The van der Waals surface area contributed by atoms with Crippen LogP contribution in [-0.4, -0.2) is 10.9 Å². The van der Waals surface area contributed by atoms with E-state index < -0.39 is 11.6 Å². The summed E-state index contributed by atoms with van der Waals surface area (Å²) in [6, 6.07) is 11.6. The number of rotatable bonds is 5. The summed E-state index contributed by atoms with van der Waals surface area (Å²) in [5.74, 6) is -1.49. The van der Waals surface area contributed by atoms with Gasteiger partial charge in [0, 0.05) is 6.08 Å². The molecule has 0 radical (unpaired) electrons. The zero-order valence-electron chi connectivity index (χ0n) is 12.1. The third-order valence-electron chi connectivity index (χ3n) is 2.87. The second-order valence-electron chi connectivity index (χ2n) is 4.75. The number of carbonyl (C=O) groups is 1. The Morgan fingerprint density at radius 1 is 0.870 bits per heavy atom. The molecule has 2 aromatic carbocycles. The van der Waals surface area contributed by atoms with Crippen molar-refractivity contribution in [2.24, 2.45) is 0 Å². The third kappa shape index (κ3) is 5.71. The van der Waals surface area contributed by atoms with Gasteiger partial charge in [-0.15, -0.1) is 0 Å². The molecular formula is C19H14F2O2. The first-order chi connectivity index (χ1) is 11.0. The van der Waals surface area contributed by atoms with Crippen LogP contribution < -0.4 is 0 Å². The average molecular weight is 312 g/mol. The normalized spacial score (nSPS) is 12.2. The molecule has 0 spiro atoms. The van der Waals surface area contributed by atoms with Crippen LogP contribution in [0, 0.1) is 11.6 Å². The van der Waals surface area contributed by atoms with E-state index in [0.717, 1.165) is 6.08 Å². The first-order valence-electron chi connectivity index (χ1n) is 6.85. The zero-order chi connectivity index (χ0) is 16.7. The van der Waals surface area contributed by atoms with Gasteiger partial charge in [-0.2, -0.15) is 0 Å². The van der Waals surface area contributed by atoms with Crippen molar-refractivity contribution < 1.29 is 18.7 Å². The zero-order valence-corrected chi connectivity index (χ0v) is 12.1. The van der Waals surface area contributed by atoms with Gasteiger partial charge >= 0.3 is 0 Å². The van der Waals surface area contributed by atoms with Gasteiger partial charge in [0.15, 0.2) is 5.78 Å². The molecule has 23 heavy (non-hydrogen) atoms. The Kier molecular flexibility index (Phi) is 5.58. The van der Waals surface area contributed by atoms with Crippen LogP contribution in [-0.2, 0) is 4.79 Å². The number of aliphatic hydroxyl groups excluding tert-OH is 1. The second kappa shape index (κ2) is 7.84. The van der Waals surface area contributed by atoms with Crippen molar-refractivity contribution >= 4 is 17.9 Å². The van der Waals surface area contributed by atoms with E-state index in [1.54, 1.807) is 18.2 Å². The van der Waals surface area contributed by atoms with Crippen LogP contribution in [0.3, 0.4) is 0 Å². The average Bonchev–Trinajstić information content (AvgIpc) is 2.51. The van der Waals surface area contributed by atoms with Gasteiger partial charge in [-0.25, -0.2) is 8.78 Å². The van der Waals surface area contributed by atoms with Crippen molar-refractivity contribution in [3.8, 4) is 0 Å². The molecule has 2 aromatic rings. The van der Waals surface area contributed by atoms with Crippen molar-refractivity contribution in [3.63, 3.8) is 0 Å². The molecule has 0 heterocycles. The molecule has 0 fully saturated rings. The van der Waals surface area contributed by atoms with Crippen molar-refractivity contribution in [2.75, 3.05) is 0 Å². The molecule has 4 heteroatoms. The topological polar surface area (TPSA) is 37.3 Å². The minimum Gasteiger partial charge on any atom is -0.508 e. The van der Waals surface area contributed by atoms with Gasteiger partial charge in [0.05, 0.1) is 0 Å². The maximum atomic E-state index is 13.0. The van der Waals surface area contributed by atoms with E-state index in [1.807, 2.05) is 0 Å². The highest BCUT2D eigenvalue weighted by molar-refractivity contribution is 6.02. The van der Waals surface area contributed by atoms with Gasteiger partial charge in [-0.3, -0.25) is 4.79 Å². The number of ketones is 1. The molecule has 0 atom stereocenters. The van der Waals surface area contributed by atoms with E-state index in [1.165, 1.54) is 54.6 Å². The molecule has 2 nitrogen and oxygen atoms in total. The molecule has 0 saturated heterocycles. The number of aliphatic hydroxyl groups is 1. The summed E-state index contributed by atoms with van der Waals surface area (Å²) in [7, 11) is 0. The number of benzene rings is 2. The van der Waals surface area contributed by atoms with Crippen LogP contribution in [0.2, 0.25) is 0 Å². The Morgan fingerprint density at radius 3 is 1.91 bits per heavy atom. The predicted molar refractivity (Wildman–Crippen MR) is 86.6 cm³/mol. The van der Waals surface area contributed by atoms with Gasteiger partial charge in [0.25, 0.3) is 0 Å². The molecule has 0 aromatic heterocycles. The van der Waals surface area contributed by atoms with Crippen LogP contribution in [0.1, 0.15) is 11.1 Å². The van der Waals surface area contributed by atoms with Crippen LogP contribution in [0.15, 0.2) is 72.5 Å². The smallest absolute Gasteiger partial charge is 0.182 e. The summed E-state index contributed by atoms with van der Waals surface area (Å²) < 4.78 is 26.0. The van der Waals surface area contributed by atoms with E-state index in [4.69, 9.17) is 0 Å². The summed E-state index contributed by atoms with van der Waals surface area (Å²) in [5.41, 5.74) is 1.11. The molecule has 2 rings (SSSR count). The highest BCUT2D eigenvalue weighted by atomic mass is 19.1. The lowest BCUT2D eigenvalue weighted by Crippen LogP contribution is -1.88. The summed E-state index contributed by atoms with van der Waals surface area (Å²) in [6.45, 7) is 0. The van der Waals surface area contributed by atoms with Gasteiger partial charge in [-0.05, 0) is 47.5 Å². The number of carbonyl (C=O) groups excluding carboxylic acids is 1. The SMILES string of the molecule is O=C(C=Cc1cccc(F)c1)C=C(O)C=Cc1cccc(F)c1. The minimum atomic E-state index is -0.448. The predicted octanol–water partition coefficient (Wildman–Crippen LogP) is 4.70. The van der Waals surface area contributed by atoms with E-state index in [9.17, 15) is 18.7 Å². The highest BCUT2D eigenvalue weighted by Gasteiger charge is 1.96. The minimum absolute atomic E-state index is 0.261. The molecule has 0 aliphatic rings. The molecule has 116 valence electrons. The lowest BCUT2D eigenvalue weighted by molar-refractivity contribution is -0.110. The molecule has 0 amide bonds. The summed E-state index contributed by atoms with van der Waals surface area (Å²) in [5, 5.41) is 9.66. The lowest BCUT2D eigenvalue weighted by Gasteiger charge is -1.94. The maximum Gasteiger partial charge on any atom is 0.182 e. The fourth-order valence-electron chi connectivity index (χ4n) is 1.82. The Morgan fingerprint density at radius 2 is 1.39 bits per heavy atom. The van der Waals surface area contributed by atoms with E-state index >= 15 is 0 Å². The molecule has 0 bridgehead atoms. The highest BCUT2D eigenvalue weighted by Crippen LogP contribution is 2.08. The van der Waals surface area contributed by atoms with Crippen molar-refractivity contribution in [3.05, 3.63) is 95.3 Å². The summed E-state index contributed by atoms with van der Waals surface area (Å²) in [4.78, 5) is 11.7. The molecule has 0 saturated carbocycles. The van der Waals surface area contributed by atoms with Gasteiger partial charge < -0.3 is 5.11 Å². The Bertz CT molecular complexity index is 789. The van der Waals surface area contributed by atoms with Crippen molar-refractivity contribution in [1.82, 2.24) is 0 Å². The molecule has 1 N–H and O–H groups in total. The Hall–Kier alpha value is -3.01. The second-order valence-corrected chi connectivity index (χ2v) is 4.75. The van der Waals surface area contributed by atoms with Crippen molar-refractivity contribution in [1.29, 1.82) is 0 Å². The van der Waals surface area contributed by atoms with Gasteiger partial charge in [-0.1, -0.05) is 36.4 Å². The maximum absolute atomic E-state index is 13.0. The first-order valence-corrected chi connectivity index (χ1v) is 6.85. The van der Waals surface area contributed by atoms with Gasteiger partial charge in [0.1, 0.15) is 17.4 Å².